The van der Waals surface area contributed by atoms with Crippen molar-refractivity contribution in [2.24, 2.45) is 0 Å². The third kappa shape index (κ3) is 3.48. The summed E-state index contributed by atoms with van der Waals surface area (Å²) in [5, 5.41) is 9.73. The topological polar surface area (TPSA) is 49.2 Å². The monoisotopic (exact) mass is 341 g/mol. The number of piperidine rings is 1. The summed E-state index contributed by atoms with van der Waals surface area (Å²) in [4.78, 5) is 10.1. The van der Waals surface area contributed by atoms with Gasteiger partial charge in [0.1, 0.15) is 11.6 Å². The van der Waals surface area contributed by atoms with Gasteiger partial charge >= 0.3 is 6.18 Å². The zero-order chi connectivity index (χ0) is 17.3. The molecule has 2 aromatic rings. The molecule has 8 heteroatoms. The SMILES string of the molecule is O[C@@H]1CCCN(c2ccnc(-c3ccc(F)c(C(F)(F)F)c3)n2)C1. The van der Waals surface area contributed by atoms with Crippen LogP contribution in [0.4, 0.5) is 23.4 Å². The van der Waals surface area contributed by atoms with E-state index in [1.165, 1.54) is 12.3 Å². The van der Waals surface area contributed by atoms with E-state index in [0.29, 0.717) is 31.4 Å². The van der Waals surface area contributed by atoms with Crippen molar-refractivity contribution in [2.75, 3.05) is 18.0 Å². The lowest BCUT2D eigenvalue weighted by molar-refractivity contribution is -0.139. The fourth-order valence-electron chi connectivity index (χ4n) is 2.71. The number of aliphatic hydroxyl groups excluding tert-OH is 1. The Hall–Kier alpha value is -2.22. The Morgan fingerprint density at radius 2 is 2.00 bits per heavy atom. The minimum absolute atomic E-state index is 0.0815. The molecule has 0 bridgehead atoms. The Kier molecular flexibility index (Phi) is 4.40. The molecule has 1 aliphatic heterocycles. The van der Waals surface area contributed by atoms with Gasteiger partial charge in [0.15, 0.2) is 5.82 Å². The van der Waals surface area contributed by atoms with Crippen LogP contribution in [0.1, 0.15) is 18.4 Å². The molecule has 2 heterocycles. The molecular formula is C16H15F4N3O. The molecule has 0 spiro atoms. The lowest BCUT2D eigenvalue weighted by Gasteiger charge is -2.31. The molecule has 1 aromatic heterocycles. The minimum Gasteiger partial charge on any atom is -0.391 e. The molecule has 0 radical (unpaired) electrons. The van der Waals surface area contributed by atoms with Crippen LogP contribution < -0.4 is 4.90 Å². The first-order valence-electron chi connectivity index (χ1n) is 7.48. The van der Waals surface area contributed by atoms with Crippen LogP contribution in [0.5, 0.6) is 0 Å². The summed E-state index contributed by atoms with van der Waals surface area (Å²) in [5.74, 6) is -0.726. The summed E-state index contributed by atoms with van der Waals surface area (Å²) in [6.07, 6.45) is -2.29. The molecule has 1 saturated heterocycles. The second kappa shape index (κ2) is 6.35. The number of aromatic nitrogens is 2. The molecule has 0 aliphatic carbocycles. The van der Waals surface area contributed by atoms with Gasteiger partial charge in [0.2, 0.25) is 0 Å². The maximum atomic E-state index is 13.4. The van der Waals surface area contributed by atoms with Gasteiger partial charge in [-0.2, -0.15) is 13.2 Å². The van der Waals surface area contributed by atoms with Crippen LogP contribution in [0.2, 0.25) is 0 Å². The average Bonchev–Trinajstić information content (AvgIpc) is 2.54. The normalized spacial score (nSPS) is 18.7. The van der Waals surface area contributed by atoms with Crippen molar-refractivity contribution in [1.29, 1.82) is 0 Å². The second-order valence-electron chi connectivity index (χ2n) is 5.67. The van der Waals surface area contributed by atoms with Crippen LogP contribution in [0.3, 0.4) is 0 Å². The lowest BCUT2D eigenvalue weighted by atomic mass is 10.1. The molecule has 128 valence electrons. The summed E-state index contributed by atoms with van der Waals surface area (Å²) in [5.41, 5.74) is -1.26. The Balaban J connectivity index is 1.94. The number of benzene rings is 1. The minimum atomic E-state index is -4.78. The van der Waals surface area contributed by atoms with E-state index in [4.69, 9.17) is 0 Å². The van der Waals surface area contributed by atoms with Gasteiger partial charge in [0, 0.05) is 24.8 Å². The third-order valence-electron chi connectivity index (χ3n) is 3.89. The number of nitrogens with zero attached hydrogens (tertiary/aromatic N) is 3. The van der Waals surface area contributed by atoms with Crippen LogP contribution in [-0.2, 0) is 6.18 Å². The molecule has 0 amide bonds. The van der Waals surface area contributed by atoms with Crippen molar-refractivity contribution >= 4 is 5.82 Å². The van der Waals surface area contributed by atoms with Crippen molar-refractivity contribution in [1.82, 2.24) is 9.97 Å². The average molecular weight is 341 g/mol. The summed E-state index contributed by atoms with van der Waals surface area (Å²) in [6, 6.07) is 4.32. The van der Waals surface area contributed by atoms with Gasteiger partial charge in [0.25, 0.3) is 0 Å². The van der Waals surface area contributed by atoms with Crippen LogP contribution in [0.25, 0.3) is 11.4 Å². The number of rotatable bonds is 2. The van der Waals surface area contributed by atoms with Crippen molar-refractivity contribution in [2.45, 2.75) is 25.1 Å². The predicted molar refractivity (Wildman–Crippen MR) is 79.9 cm³/mol. The van der Waals surface area contributed by atoms with Gasteiger partial charge in [-0.3, -0.25) is 0 Å². The number of hydrogen-bond acceptors (Lipinski definition) is 4. The summed E-state index contributed by atoms with van der Waals surface area (Å²) >= 11 is 0. The highest BCUT2D eigenvalue weighted by molar-refractivity contribution is 5.59. The van der Waals surface area contributed by atoms with E-state index in [2.05, 4.69) is 9.97 Å². The molecule has 24 heavy (non-hydrogen) atoms. The van der Waals surface area contributed by atoms with E-state index in [1.54, 1.807) is 6.07 Å². The highest BCUT2D eigenvalue weighted by Gasteiger charge is 2.34. The van der Waals surface area contributed by atoms with Gasteiger partial charge in [-0.15, -0.1) is 0 Å². The van der Waals surface area contributed by atoms with E-state index in [-0.39, 0.29) is 11.4 Å². The molecule has 1 N–H and O–H groups in total. The van der Waals surface area contributed by atoms with E-state index in [1.807, 2.05) is 4.90 Å². The highest BCUT2D eigenvalue weighted by atomic mass is 19.4. The largest absolute Gasteiger partial charge is 0.419 e. The zero-order valence-electron chi connectivity index (χ0n) is 12.6. The molecule has 0 unspecified atom stereocenters. The zero-order valence-corrected chi connectivity index (χ0v) is 12.6. The van der Waals surface area contributed by atoms with Gasteiger partial charge in [-0.1, -0.05) is 0 Å². The number of hydrogen-bond donors (Lipinski definition) is 1. The molecule has 1 atom stereocenters. The first kappa shape index (κ1) is 16.6. The fourth-order valence-corrected chi connectivity index (χ4v) is 2.71. The van der Waals surface area contributed by atoms with Crippen molar-refractivity contribution in [3.8, 4) is 11.4 Å². The van der Waals surface area contributed by atoms with E-state index < -0.39 is 23.7 Å². The molecule has 4 nitrogen and oxygen atoms in total. The van der Waals surface area contributed by atoms with Crippen molar-refractivity contribution in [3.05, 3.63) is 41.8 Å². The van der Waals surface area contributed by atoms with Crippen LogP contribution in [-0.4, -0.2) is 34.3 Å². The molecule has 3 rings (SSSR count). The number of anilines is 1. The number of aliphatic hydroxyl groups is 1. The van der Waals surface area contributed by atoms with E-state index in [9.17, 15) is 22.7 Å². The quantitative estimate of drug-likeness (QED) is 0.852. The molecule has 1 aliphatic rings. The van der Waals surface area contributed by atoms with E-state index in [0.717, 1.165) is 12.5 Å². The number of β-amino-alcohol motifs (C(OH)–C–C–N with tert-alkyl or cyclic N) is 1. The molecule has 0 saturated carbocycles. The van der Waals surface area contributed by atoms with E-state index >= 15 is 0 Å². The smallest absolute Gasteiger partial charge is 0.391 e. The van der Waals surface area contributed by atoms with Gasteiger partial charge in [-0.25, -0.2) is 14.4 Å². The highest BCUT2D eigenvalue weighted by Crippen LogP contribution is 2.33. The predicted octanol–water partition coefficient (Wildman–Crippen LogP) is 3.26. The summed E-state index contributed by atoms with van der Waals surface area (Å²) in [6.45, 7) is 1.11. The van der Waals surface area contributed by atoms with Crippen LogP contribution in [0.15, 0.2) is 30.5 Å². The van der Waals surface area contributed by atoms with Gasteiger partial charge in [-0.05, 0) is 37.1 Å². The maximum Gasteiger partial charge on any atom is 0.419 e. The van der Waals surface area contributed by atoms with Crippen molar-refractivity contribution in [3.63, 3.8) is 0 Å². The third-order valence-corrected chi connectivity index (χ3v) is 3.89. The Labute approximate surface area is 135 Å². The van der Waals surface area contributed by atoms with Crippen molar-refractivity contribution < 1.29 is 22.7 Å². The second-order valence-corrected chi connectivity index (χ2v) is 5.67. The van der Waals surface area contributed by atoms with Crippen LogP contribution in [0, 0.1) is 5.82 Å². The Morgan fingerprint density at radius 3 is 2.71 bits per heavy atom. The standard InChI is InChI=1S/C16H15F4N3O/c17-13-4-3-10(8-12(13)16(18,19)20)15-21-6-5-14(22-15)23-7-1-2-11(24)9-23/h3-6,8,11,24H,1-2,7,9H2/t11-/m1/s1. The molecule has 1 fully saturated rings. The Morgan fingerprint density at radius 1 is 1.21 bits per heavy atom. The maximum absolute atomic E-state index is 13.4. The van der Waals surface area contributed by atoms with Gasteiger partial charge in [0.05, 0.1) is 11.7 Å². The van der Waals surface area contributed by atoms with Gasteiger partial charge < -0.3 is 10.0 Å². The molecule has 1 aromatic carbocycles. The Bertz CT molecular complexity index is 736. The number of alkyl halides is 3. The summed E-state index contributed by atoms with van der Waals surface area (Å²) in [7, 11) is 0. The first-order valence-corrected chi connectivity index (χ1v) is 7.48. The summed E-state index contributed by atoms with van der Waals surface area (Å²) < 4.78 is 51.9. The lowest BCUT2D eigenvalue weighted by Crippen LogP contribution is -2.38. The molecular weight excluding hydrogens is 326 g/mol. The number of halogens is 4. The van der Waals surface area contributed by atoms with Crippen LogP contribution >= 0.6 is 0 Å². The first-order chi connectivity index (χ1) is 11.3. The fraction of sp³-hybridized carbons (Fsp3) is 0.375.